The van der Waals surface area contributed by atoms with Crippen molar-refractivity contribution in [1.82, 2.24) is 0 Å². The zero-order valence-electron chi connectivity index (χ0n) is 15.5. The van der Waals surface area contributed by atoms with Gasteiger partial charge in [0.25, 0.3) is 5.91 Å². The van der Waals surface area contributed by atoms with Crippen LogP contribution in [0.5, 0.6) is 5.75 Å². The van der Waals surface area contributed by atoms with E-state index in [0.29, 0.717) is 28.6 Å². The molecule has 1 atom stereocenters. The fraction of sp³-hybridized carbons (Fsp3) is 0.333. The summed E-state index contributed by atoms with van der Waals surface area (Å²) in [6.45, 7) is 4.14. The van der Waals surface area contributed by atoms with Crippen molar-refractivity contribution in [2.45, 2.75) is 39.2 Å². The second-order valence-corrected chi connectivity index (χ2v) is 6.56. The van der Waals surface area contributed by atoms with E-state index in [4.69, 9.17) is 21.1 Å². The quantitative estimate of drug-likeness (QED) is 0.479. The van der Waals surface area contributed by atoms with Crippen LogP contribution >= 0.6 is 11.6 Å². The van der Waals surface area contributed by atoms with Gasteiger partial charge in [0.05, 0.1) is 6.61 Å². The second kappa shape index (κ2) is 10.6. The number of halogens is 1. The van der Waals surface area contributed by atoms with Crippen LogP contribution in [-0.4, -0.2) is 24.6 Å². The summed E-state index contributed by atoms with van der Waals surface area (Å²) in [7, 11) is 0. The minimum atomic E-state index is -0.708. The topological polar surface area (TPSA) is 64.6 Å². The van der Waals surface area contributed by atoms with Gasteiger partial charge >= 0.3 is 5.97 Å². The number of nitrogens with one attached hydrogen (secondary N) is 1. The van der Waals surface area contributed by atoms with Gasteiger partial charge in [-0.2, -0.15) is 0 Å². The van der Waals surface area contributed by atoms with Gasteiger partial charge in [-0.15, -0.1) is 0 Å². The third-order valence-electron chi connectivity index (χ3n) is 3.86. The first-order valence-corrected chi connectivity index (χ1v) is 9.37. The van der Waals surface area contributed by atoms with Crippen LogP contribution < -0.4 is 10.1 Å². The lowest BCUT2D eigenvalue weighted by atomic mass is 10.2. The SMILES string of the molecule is CCCCCOC(=O)[C@H](C)Oc1ccc(C(=O)Nc2ccc(Cl)cc2)cc1. The number of benzene rings is 2. The third-order valence-corrected chi connectivity index (χ3v) is 4.11. The first-order valence-electron chi connectivity index (χ1n) is 9.00. The smallest absolute Gasteiger partial charge is 0.347 e. The van der Waals surface area contributed by atoms with E-state index in [0.717, 1.165) is 19.3 Å². The summed E-state index contributed by atoms with van der Waals surface area (Å²) < 4.78 is 10.8. The second-order valence-electron chi connectivity index (χ2n) is 6.12. The molecule has 0 spiro atoms. The van der Waals surface area contributed by atoms with E-state index in [1.807, 2.05) is 0 Å². The molecule has 1 N–H and O–H groups in total. The van der Waals surface area contributed by atoms with Crippen molar-refractivity contribution in [1.29, 1.82) is 0 Å². The number of carbonyl (C=O) groups is 2. The monoisotopic (exact) mass is 389 g/mol. The summed E-state index contributed by atoms with van der Waals surface area (Å²) in [5.74, 6) is -0.140. The number of hydrogen-bond acceptors (Lipinski definition) is 4. The highest BCUT2D eigenvalue weighted by molar-refractivity contribution is 6.30. The number of carbonyl (C=O) groups excluding carboxylic acids is 2. The maximum Gasteiger partial charge on any atom is 0.347 e. The molecule has 0 aromatic heterocycles. The Morgan fingerprint density at radius 3 is 2.33 bits per heavy atom. The van der Waals surface area contributed by atoms with Gasteiger partial charge in [0.15, 0.2) is 6.10 Å². The van der Waals surface area contributed by atoms with Crippen LogP contribution in [0.1, 0.15) is 43.5 Å². The maximum absolute atomic E-state index is 12.3. The van der Waals surface area contributed by atoms with E-state index in [9.17, 15) is 9.59 Å². The van der Waals surface area contributed by atoms with E-state index in [1.165, 1.54) is 0 Å². The average Bonchev–Trinajstić information content (AvgIpc) is 2.67. The third kappa shape index (κ3) is 6.94. The van der Waals surface area contributed by atoms with Crippen molar-refractivity contribution in [3.63, 3.8) is 0 Å². The molecule has 0 aliphatic heterocycles. The molecule has 1 amide bonds. The normalized spacial score (nSPS) is 11.5. The molecular weight excluding hydrogens is 366 g/mol. The molecular formula is C21H24ClNO4. The molecule has 0 radical (unpaired) electrons. The molecule has 0 saturated heterocycles. The summed E-state index contributed by atoms with van der Waals surface area (Å²) in [6.07, 6.45) is 2.25. The summed E-state index contributed by atoms with van der Waals surface area (Å²) in [6, 6.07) is 13.4. The standard InChI is InChI=1S/C21H24ClNO4/c1-3-4-5-14-26-21(25)15(2)27-19-12-6-16(7-13-19)20(24)23-18-10-8-17(22)9-11-18/h6-13,15H,3-5,14H2,1-2H3,(H,23,24)/t15-/m0/s1. The molecule has 2 rings (SSSR count). The summed E-state index contributed by atoms with van der Waals surface area (Å²) in [5, 5.41) is 3.39. The van der Waals surface area contributed by atoms with Crippen molar-refractivity contribution in [3.8, 4) is 5.75 Å². The zero-order valence-corrected chi connectivity index (χ0v) is 16.3. The predicted octanol–water partition coefficient (Wildman–Crippen LogP) is 5.09. The zero-order chi connectivity index (χ0) is 19.6. The van der Waals surface area contributed by atoms with Gasteiger partial charge in [0.2, 0.25) is 0 Å². The number of esters is 1. The molecule has 2 aromatic carbocycles. The lowest BCUT2D eigenvalue weighted by Crippen LogP contribution is -2.26. The van der Waals surface area contributed by atoms with Crippen LogP contribution in [-0.2, 0) is 9.53 Å². The van der Waals surface area contributed by atoms with Crippen LogP contribution in [0.15, 0.2) is 48.5 Å². The Balaban J connectivity index is 1.85. The fourth-order valence-electron chi connectivity index (χ4n) is 2.32. The van der Waals surface area contributed by atoms with E-state index in [2.05, 4.69) is 12.2 Å². The molecule has 0 aliphatic carbocycles. The van der Waals surface area contributed by atoms with Gasteiger partial charge in [-0.3, -0.25) is 4.79 Å². The van der Waals surface area contributed by atoms with Crippen molar-refractivity contribution in [2.75, 3.05) is 11.9 Å². The van der Waals surface area contributed by atoms with Crippen LogP contribution in [0.4, 0.5) is 5.69 Å². The summed E-state index contributed by atoms with van der Waals surface area (Å²) >= 11 is 5.83. The highest BCUT2D eigenvalue weighted by atomic mass is 35.5. The number of anilines is 1. The summed E-state index contributed by atoms with van der Waals surface area (Å²) in [4.78, 5) is 24.1. The van der Waals surface area contributed by atoms with Crippen molar-refractivity contribution in [2.24, 2.45) is 0 Å². The van der Waals surface area contributed by atoms with Gasteiger partial charge in [-0.1, -0.05) is 31.4 Å². The van der Waals surface area contributed by atoms with Crippen LogP contribution in [0.3, 0.4) is 0 Å². The average molecular weight is 390 g/mol. The van der Waals surface area contributed by atoms with Gasteiger partial charge in [-0.05, 0) is 61.9 Å². The Hall–Kier alpha value is -2.53. The molecule has 0 aliphatic rings. The van der Waals surface area contributed by atoms with Crippen LogP contribution in [0.2, 0.25) is 5.02 Å². The van der Waals surface area contributed by atoms with Crippen LogP contribution in [0.25, 0.3) is 0 Å². The number of rotatable bonds is 9. The molecule has 5 nitrogen and oxygen atoms in total. The Labute approximate surface area is 164 Å². The first kappa shape index (κ1) is 20.8. The minimum absolute atomic E-state index is 0.243. The van der Waals surface area contributed by atoms with Gasteiger partial charge in [0, 0.05) is 16.3 Å². The van der Waals surface area contributed by atoms with Crippen LogP contribution in [0, 0.1) is 0 Å². The lowest BCUT2D eigenvalue weighted by molar-refractivity contribution is -0.151. The maximum atomic E-state index is 12.3. The Bertz CT molecular complexity index is 744. The molecule has 2 aromatic rings. The fourth-order valence-corrected chi connectivity index (χ4v) is 2.44. The Morgan fingerprint density at radius 2 is 1.70 bits per heavy atom. The highest BCUT2D eigenvalue weighted by Crippen LogP contribution is 2.17. The Morgan fingerprint density at radius 1 is 1.04 bits per heavy atom. The lowest BCUT2D eigenvalue weighted by Gasteiger charge is -2.14. The molecule has 0 heterocycles. The van der Waals surface area contributed by atoms with Gasteiger partial charge in [0.1, 0.15) is 5.75 Å². The molecule has 6 heteroatoms. The minimum Gasteiger partial charge on any atom is -0.479 e. The number of ether oxygens (including phenoxy) is 2. The van der Waals surface area contributed by atoms with E-state index < -0.39 is 12.1 Å². The largest absolute Gasteiger partial charge is 0.479 e. The van der Waals surface area contributed by atoms with Crippen molar-refractivity contribution < 1.29 is 19.1 Å². The Kier molecular flexibility index (Phi) is 8.14. The van der Waals surface area contributed by atoms with E-state index in [-0.39, 0.29) is 5.91 Å². The van der Waals surface area contributed by atoms with Gasteiger partial charge in [-0.25, -0.2) is 4.79 Å². The predicted molar refractivity (Wildman–Crippen MR) is 106 cm³/mol. The van der Waals surface area contributed by atoms with Gasteiger partial charge < -0.3 is 14.8 Å². The van der Waals surface area contributed by atoms with Crippen molar-refractivity contribution in [3.05, 3.63) is 59.1 Å². The first-order chi connectivity index (χ1) is 13.0. The number of unbranched alkanes of at least 4 members (excludes halogenated alkanes) is 2. The van der Waals surface area contributed by atoms with E-state index >= 15 is 0 Å². The molecule has 0 saturated carbocycles. The molecule has 27 heavy (non-hydrogen) atoms. The highest BCUT2D eigenvalue weighted by Gasteiger charge is 2.16. The molecule has 0 unspecified atom stereocenters. The van der Waals surface area contributed by atoms with Crippen molar-refractivity contribution >= 4 is 29.2 Å². The number of hydrogen-bond donors (Lipinski definition) is 1. The summed E-state index contributed by atoms with van der Waals surface area (Å²) in [5.41, 5.74) is 1.14. The molecule has 144 valence electrons. The molecule has 0 bridgehead atoms. The van der Waals surface area contributed by atoms with E-state index in [1.54, 1.807) is 55.5 Å². The number of amides is 1. The molecule has 0 fully saturated rings.